The van der Waals surface area contributed by atoms with Gasteiger partial charge in [0.25, 0.3) is 0 Å². The van der Waals surface area contributed by atoms with E-state index in [1.165, 1.54) is 0 Å². The van der Waals surface area contributed by atoms with Gasteiger partial charge in [0.2, 0.25) is 0 Å². The molecular formula is C9H20Cl2NO3P. The van der Waals surface area contributed by atoms with E-state index in [2.05, 4.69) is 4.74 Å². The fourth-order valence-corrected chi connectivity index (χ4v) is 1.55. The summed E-state index contributed by atoms with van der Waals surface area (Å²) >= 11 is 10.8. The van der Waals surface area contributed by atoms with Crippen molar-refractivity contribution in [2.24, 2.45) is 5.73 Å². The number of hydrogen-bond donors (Lipinski definition) is 1. The number of hydrogen-bond acceptors (Lipinski definition) is 4. The molecule has 0 rings (SSSR count). The third kappa shape index (κ3) is 14.4. The van der Waals surface area contributed by atoms with Crippen LogP contribution in [-0.2, 0) is 14.1 Å². The van der Waals surface area contributed by atoms with Crippen LogP contribution in [0.25, 0.3) is 0 Å². The normalized spacial score (nSPS) is 13.4. The van der Waals surface area contributed by atoms with Crippen LogP contribution >= 0.6 is 30.3 Å². The summed E-state index contributed by atoms with van der Waals surface area (Å²) in [5, 5.41) is 0. The summed E-state index contributed by atoms with van der Waals surface area (Å²) < 4.78 is 9.51. The number of esters is 1. The summed E-state index contributed by atoms with van der Waals surface area (Å²) in [4.78, 5) is 10.7. The maximum atomic E-state index is 10.7. The van der Waals surface area contributed by atoms with Gasteiger partial charge in [-0.3, -0.25) is 4.79 Å². The van der Waals surface area contributed by atoms with Crippen LogP contribution in [0.4, 0.5) is 0 Å². The highest BCUT2D eigenvalue weighted by molar-refractivity contribution is 7.79. The summed E-state index contributed by atoms with van der Waals surface area (Å²) in [6.45, 7) is 6.63. The highest BCUT2D eigenvalue weighted by Gasteiger charge is 2.12. The van der Waals surface area contributed by atoms with Crippen LogP contribution in [-0.4, -0.2) is 37.8 Å². The van der Waals surface area contributed by atoms with E-state index in [1.54, 1.807) is 6.92 Å². The SMILES string of the molecule is CCOC(=O)[C@@H](N)CCCl.CCOP(C)Cl. The molecule has 0 radical (unpaired) electrons. The van der Waals surface area contributed by atoms with E-state index in [0.717, 1.165) is 6.61 Å². The number of carbonyl (C=O) groups is 1. The first-order valence-corrected chi connectivity index (χ1v) is 8.14. The molecule has 0 saturated heterocycles. The molecule has 2 N–H and O–H groups in total. The average Bonchev–Trinajstić information content (AvgIpc) is 2.19. The molecule has 0 aromatic rings. The van der Waals surface area contributed by atoms with E-state index in [9.17, 15) is 4.79 Å². The van der Waals surface area contributed by atoms with Gasteiger partial charge in [-0.2, -0.15) is 0 Å². The number of alkyl halides is 1. The van der Waals surface area contributed by atoms with Crippen LogP contribution in [0.5, 0.6) is 0 Å². The van der Waals surface area contributed by atoms with Crippen molar-refractivity contribution in [1.82, 2.24) is 0 Å². The largest absolute Gasteiger partial charge is 0.465 e. The van der Waals surface area contributed by atoms with E-state index in [4.69, 9.17) is 33.1 Å². The van der Waals surface area contributed by atoms with Gasteiger partial charge in [0.15, 0.2) is 0 Å². The smallest absolute Gasteiger partial charge is 0.322 e. The Morgan fingerprint density at radius 2 is 2.00 bits per heavy atom. The summed E-state index contributed by atoms with van der Waals surface area (Å²) in [6.07, 6.45) is 0.473. The minimum atomic E-state index is -0.628. The zero-order valence-corrected chi connectivity index (χ0v) is 12.3. The van der Waals surface area contributed by atoms with Crippen LogP contribution in [0.3, 0.4) is 0 Å². The van der Waals surface area contributed by atoms with Gasteiger partial charge in [-0.15, -0.1) is 11.6 Å². The molecule has 16 heavy (non-hydrogen) atoms. The molecule has 98 valence electrons. The second-order valence-corrected chi connectivity index (χ2v) is 5.58. The van der Waals surface area contributed by atoms with Gasteiger partial charge in [0, 0.05) is 12.5 Å². The van der Waals surface area contributed by atoms with Crippen LogP contribution in [0, 0.1) is 0 Å². The first-order chi connectivity index (χ1) is 7.49. The van der Waals surface area contributed by atoms with Crippen LogP contribution < -0.4 is 5.73 Å². The Balaban J connectivity index is 0. The minimum Gasteiger partial charge on any atom is -0.465 e. The Morgan fingerprint density at radius 3 is 2.25 bits per heavy atom. The number of ether oxygens (including phenoxy) is 1. The summed E-state index contributed by atoms with van der Waals surface area (Å²) in [6, 6.07) is -0.558. The first-order valence-electron chi connectivity index (χ1n) is 5.00. The van der Waals surface area contributed by atoms with Gasteiger partial charge in [0.05, 0.1) is 6.61 Å². The average molecular weight is 292 g/mol. The van der Waals surface area contributed by atoms with Crippen molar-refractivity contribution >= 4 is 36.3 Å². The van der Waals surface area contributed by atoms with Crippen molar-refractivity contribution in [3.05, 3.63) is 0 Å². The predicted molar refractivity (Wildman–Crippen MR) is 70.3 cm³/mol. The highest BCUT2D eigenvalue weighted by atomic mass is 35.7. The molecule has 0 amide bonds. The highest BCUT2D eigenvalue weighted by Crippen LogP contribution is 2.36. The van der Waals surface area contributed by atoms with Crippen molar-refractivity contribution in [3.63, 3.8) is 0 Å². The lowest BCUT2D eigenvalue weighted by Gasteiger charge is -2.07. The number of nitrogens with two attached hydrogens (primary N) is 1. The van der Waals surface area contributed by atoms with Crippen molar-refractivity contribution in [2.75, 3.05) is 25.8 Å². The molecule has 0 spiro atoms. The third-order valence-corrected chi connectivity index (χ3v) is 2.44. The Kier molecular flexibility index (Phi) is 15.8. The van der Waals surface area contributed by atoms with E-state index >= 15 is 0 Å². The first kappa shape index (κ1) is 18.8. The molecule has 0 aromatic heterocycles. The fraction of sp³-hybridized carbons (Fsp3) is 0.889. The lowest BCUT2D eigenvalue weighted by atomic mass is 10.2. The quantitative estimate of drug-likeness (QED) is 0.464. The molecule has 0 aliphatic heterocycles. The van der Waals surface area contributed by atoms with Crippen molar-refractivity contribution in [1.29, 1.82) is 0 Å². The number of carbonyl (C=O) groups excluding carboxylic acids is 1. The van der Waals surface area contributed by atoms with E-state index in [1.807, 2.05) is 13.6 Å². The van der Waals surface area contributed by atoms with Gasteiger partial charge < -0.3 is 15.0 Å². The molecule has 0 heterocycles. The molecule has 0 aromatic carbocycles. The van der Waals surface area contributed by atoms with Gasteiger partial charge in [-0.05, 0) is 26.9 Å². The second-order valence-electron chi connectivity index (χ2n) is 2.67. The van der Waals surface area contributed by atoms with Gasteiger partial charge in [0.1, 0.15) is 13.5 Å². The molecule has 7 heteroatoms. The summed E-state index contributed by atoms with van der Waals surface area (Å²) in [5.41, 5.74) is 5.35. The topological polar surface area (TPSA) is 61.5 Å². The lowest BCUT2D eigenvalue weighted by molar-refractivity contribution is -0.144. The van der Waals surface area contributed by atoms with Gasteiger partial charge in [-0.1, -0.05) is 11.2 Å². The van der Waals surface area contributed by atoms with Crippen LogP contribution in [0.15, 0.2) is 0 Å². The zero-order valence-electron chi connectivity index (χ0n) is 9.91. The molecule has 0 bridgehead atoms. The van der Waals surface area contributed by atoms with Gasteiger partial charge >= 0.3 is 5.97 Å². The monoisotopic (exact) mass is 291 g/mol. The van der Waals surface area contributed by atoms with E-state index in [0.29, 0.717) is 18.9 Å². The standard InChI is InChI=1S/C6H12ClNO2.C3H8ClOP/c1-2-10-6(9)5(8)3-4-7;1-3-5-6(2)4/h5H,2-4,8H2,1H3;3H2,1-2H3/t5-;/m0./s1. The van der Waals surface area contributed by atoms with Crippen LogP contribution in [0.2, 0.25) is 0 Å². The molecule has 1 unspecified atom stereocenters. The number of rotatable bonds is 6. The lowest BCUT2D eigenvalue weighted by Crippen LogP contribution is -2.32. The Morgan fingerprint density at radius 1 is 1.44 bits per heavy atom. The van der Waals surface area contributed by atoms with E-state index < -0.39 is 13.5 Å². The Hall–Kier alpha value is 0.400. The van der Waals surface area contributed by atoms with Crippen LogP contribution in [0.1, 0.15) is 20.3 Å². The third-order valence-electron chi connectivity index (χ3n) is 1.32. The Bertz CT molecular complexity index is 173. The number of halogens is 2. The molecule has 0 aliphatic carbocycles. The van der Waals surface area contributed by atoms with Crippen molar-refractivity contribution < 1.29 is 14.1 Å². The molecule has 4 nitrogen and oxygen atoms in total. The molecular weight excluding hydrogens is 272 g/mol. The van der Waals surface area contributed by atoms with E-state index in [-0.39, 0.29) is 5.97 Å². The Labute approximate surface area is 108 Å². The summed E-state index contributed by atoms with van der Waals surface area (Å²) in [7, 11) is -0.628. The molecule has 0 fully saturated rings. The second kappa shape index (κ2) is 13.5. The maximum absolute atomic E-state index is 10.7. The predicted octanol–water partition coefficient (Wildman–Crippen LogP) is 2.71. The maximum Gasteiger partial charge on any atom is 0.322 e. The molecule has 0 saturated carbocycles. The molecule has 2 atom stereocenters. The minimum absolute atomic E-state index is 0.370. The van der Waals surface area contributed by atoms with Crippen molar-refractivity contribution in [2.45, 2.75) is 26.3 Å². The van der Waals surface area contributed by atoms with Gasteiger partial charge in [-0.25, -0.2) is 0 Å². The molecule has 0 aliphatic rings. The van der Waals surface area contributed by atoms with Crippen molar-refractivity contribution in [3.8, 4) is 0 Å². The zero-order chi connectivity index (χ0) is 13.0. The summed E-state index contributed by atoms with van der Waals surface area (Å²) in [5.74, 6) is 0.0168. The fourth-order valence-electron chi connectivity index (χ4n) is 0.663.